The zero-order valence-corrected chi connectivity index (χ0v) is 9.07. The van der Waals surface area contributed by atoms with E-state index in [2.05, 4.69) is 15.0 Å². The Morgan fingerprint density at radius 1 is 1.33 bits per heavy atom. The van der Waals surface area contributed by atoms with E-state index < -0.39 is 5.69 Å². The molecule has 0 saturated carbocycles. The van der Waals surface area contributed by atoms with Crippen molar-refractivity contribution in [2.24, 2.45) is 4.99 Å². The van der Waals surface area contributed by atoms with Crippen molar-refractivity contribution < 1.29 is 9.50 Å². The van der Waals surface area contributed by atoms with Crippen molar-refractivity contribution in [3.05, 3.63) is 45.8 Å². The Morgan fingerprint density at radius 2 is 2.17 bits per heavy atom. The number of nitrogens with zero attached hydrogens (tertiary/aromatic N) is 1. The average Bonchev–Trinajstić information content (AvgIpc) is 2.84. The summed E-state index contributed by atoms with van der Waals surface area (Å²) in [6.45, 7) is 0. The molecule has 0 unspecified atom stereocenters. The van der Waals surface area contributed by atoms with E-state index in [0.717, 1.165) is 0 Å². The molecule has 1 aromatic carbocycles. The van der Waals surface area contributed by atoms with Crippen molar-refractivity contribution >= 4 is 23.6 Å². The summed E-state index contributed by atoms with van der Waals surface area (Å²) in [5.74, 6) is -0.623. The van der Waals surface area contributed by atoms with Crippen LogP contribution < -0.4 is 5.69 Å². The van der Waals surface area contributed by atoms with Gasteiger partial charge in [-0.2, -0.15) is 0 Å². The second kappa shape index (κ2) is 3.69. The maximum absolute atomic E-state index is 13.2. The van der Waals surface area contributed by atoms with E-state index in [0.29, 0.717) is 16.8 Å². The van der Waals surface area contributed by atoms with E-state index in [-0.39, 0.29) is 17.4 Å². The minimum absolute atomic E-state index is 0.235. The molecule has 2 heterocycles. The first-order valence-electron chi connectivity index (χ1n) is 5.20. The highest BCUT2D eigenvalue weighted by Crippen LogP contribution is 2.33. The minimum Gasteiger partial charge on any atom is -0.493 e. The molecular formula is C12H8FN3O2. The number of halogens is 1. The Labute approximate surface area is 100 Å². The molecule has 0 radical (unpaired) electrons. The molecular weight excluding hydrogens is 237 g/mol. The fourth-order valence-electron chi connectivity index (χ4n) is 1.82. The second-order valence-corrected chi connectivity index (χ2v) is 3.86. The molecule has 0 atom stereocenters. The van der Waals surface area contributed by atoms with Gasteiger partial charge in [-0.25, -0.2) is 9.18 Å². The third-order valence-electron chi connectivity index (χ3n) is 2.65. The van der Waals surface area contributed by atoms with Gasteiger partial charge in [0.05, 0.1) is 5.69 Å². The normalized spacial score (nSPS) is 15.3. The molecule has 0 saturated heterocycles. The number of aromatic amines is 2. The average molecular weight is 245 g/mol. The Balaban J connectivity index is 2.11. The number of hydrogen-bond donors (Lipinski definition) is 3. The standard InChI is InChI=1S/C12H8FN3O2/c13-7-1-2-9-8(4-7)6(5-14-9)3-10-11(17)16-12(18)15-10/h1-5,17H,(H2,15,16,18)/b6-3+. The summed E-state index contributed by atoms with van der Waals surface area (Å²) in [4.78, 5) is 19.7. The van der Waals surface area contributed by atoms with Crippen LogP contribution in [-0.2, 0) is 0 Å². The van der Waals surface area contributed by atoms with E-state index in [1.54, 1.807) is 12.3 Å². The summed E-state index contributed by atoms with van der Waals surface area (Å²) in [5.41, 5.74) is 1.62. The fourth-order valence-corrected chi connectivity index (χ4v) is 1.82. The lowest BCUT2D eigenvalue weighted by Crippen LogP contribution is -2.00. The van der Waals surface area contributed by atoms with Crippen molar-refractivity contribution in [3.63, 3.8) is 0 Å². The first kappa shape index (κ1) is 10.5. The number of benzene rings is 1. The van der Waals surface area contributed by atoms with Gasteiger partial charge >= 0.3 is 5.69 Å². The van der Waals surface area contributed by atoms with Gasteiger partial charge in [0.15, 0.2) is 0 Å². The monoisotopic (exact) mass is 245 g/mol. The molecule has 0 aliphatic carbocycles. The fraction of sp³-hybridized carbons (Fsp3) is 0. The van der Waals surface area contributed by atoms with Crippen LogP contribution in [0.5, 0.6) is 5.88 Å². The smallest absolute Gasteiger partial charge is 0.326 e. The van der Waals surface area contributed by atoms with Crippen LogP contribution >= 0.6 is 0 Å². The molecule has 0 bridgehead atoms. The van der Waals surface area contributed by atoms with Crippen molar-refractivity contribution in [2.45, 2.75) is 0 Å². The number of rotatable bonds is 1. The Hall–Kier alpha value is -2.63. The number of imidazole rings is 1. The first-order chi connectivity index (χ1) is 8.63. The maximum atomic E-state index is 13.2. The molecule has 5 nitrogen and oxygen atoms in total. The molecule has 18 heavy (non-hydrogen) atoms. The molecule has 0 spiro atoms. The minimum atomic E-state index is -0.506. The molecule has 1 aliphatic rings. The number of aliphatic imine (C=N–C) groups is 1. The quantitative estimate of drug-likeness (QED) is 0.716. The van der Waals surface area contributed by atoms with Crippen molar-refractivity contribution in [2.75, 3.05) is 0 Å². The van der Waals surface area contributed by atoms with E-state index in [4.69, 9.17) is 0 Å². The van der Waals surface area contributed by atoms with Crippen LogP contribution in [0.15, 0.2) is 28.0 Å². The molecule has 0 fully saturated rings. The number of nitrogens with one attached hydrogen (secondary N) is 2. The van der Waals surface area contributed by atoms with E-state index in [1.165, 1.54) is 18.2 Å². The molecule has 90 valence electrons. The summed E-state index contributed by atoms with van der Waals surface area (Å²) in [7, 11) is 0. The van der Waals surface area contributed by atoms with Crippen LogP contribution in [0.3, 0.4) is 0 Å². The van der Waals surface area contributed by atoms with Gasteiger partial charge in [-0.05, 0) is 24.3 Å². The van der Waals surface area contributed by atoms with Crippen LogP contribution in [-0.4, -0.2) is 21.3 Å². The Bertz CT molecular complexity index is 740. The van der Waals surface area contributed by atoms with Crippen LogP contribution in [0.4, 0.5) is 10.1 Å². The molecule has 1 aromatic heterocycles. The van der Waals surface area contributed by atoms with Crippen LogP contribution in [0.1, 0.15) is 11.3 Å². The summed E-state index contributed by atoms with van der Waals surface area (Å²) < 4.78 is 13.2. The highest BCUT2D eigenvalue weighted by atomic mass is 19.1. The van der Waals surface area contributed by atoms with E-state index >= 15 is 0 Å². The highest BCUT2D eigenvalue weighted by Gasteiger charge is 2.14. The third kappa shape index (κ3) is 1.64. The SMILES string of the molecule is O=c1[nH]c(O)c(/C=C2\C=Nc3ccc(F)cc32)[nH]1. The number of hydrogen-bond acceptors (Lipinski definition) is 3. The lowest BCUT2D eigenvalue weighted by atomic mass is 10.1. The number of aromatic nitrogens is 2. The van der Waals surface area contributed by atoms with Crippen molar-refractivity contribution in [3.8, 4) is 5.88 Å². The number of aromatic hydroxyl groups is 1. The predicted molar refractivity (Wildman–Crippen MR) is 65.5 cm³/mol. The number of fused-ring (bicyclic) bond motifs is 1. The van der Waals surface area contributed by atoms with Crippen molar-refractivity contribution in [1.82, 2.24) is 9.97 Å². The lowest BCUT2D eigenvalue weighted by Gasteiger charge is -1.99. The largest absolute Gasteiger partial charge is 0.493 e. The van der Waals surface area contributed by atoms with Crippen molar-refractivity contribution in [1.29, 1.82) is 0 Å². The van der Waals surface area contributed by atoms with E-state index in [1.807, 2.05) is 0 Å². The van der Waals surface area contributed by atoms with Crippen LogP contribution in [0, 0.1) is 5.82 Å². The van der Waals surface area contributed by atoms with Crippen LogP contribution in [0.25, 0.3) is 11.6 Å². The summed E-state index contributed by atoms with van der Waals surface area (Å²) in [5, 5.41) is 9.44. The predicted octanol–water partition coefficient (Wildman–Crippen LogP) is 1.80. The van der Waals surface area contributed by atoms with Gasteiger partial charge in [0, 0.05) is 17.4 Å². The second-order valence-electron chi connectivity index (χ2n) is 3.86. The first-order valence-corrected chi connectivity index (χ1v) is 5.20. The van der Waals surface area contributed by atoms with Gasteiger partial charge in [-0.1, -0.05) is 0 Å². The molecule has 3 N–H and O–H groups in total. The highest BCUT2D eigenvalue weighted by molar-refractivity contribution is 6.21. The van der Waals surface area contributed by atoms with Crippen LogP contribution in [0.2, 0.25) is 0 Å². The topological polar surface area (TPSA) is 81.2 Å². The van der Waals surface area contributed by atoms with Gasteiger partial charge in [0.2, 0.25) is 5.88 Å². The lowest BCUT2D eigenvalue weighted by molar-refractivity contribution is 0.454. The van der Waals surface area contributed by atoms with Gasteiger partial charge < -0.3 is 10.1 Å². The molecule has 3 rings (SSSR count). The Morgan fingerprint density at radius 3 is 2.89 bits per heavy atom. The number of H-pyrrole nitrogens is 2. The molecule has 6 heteroatoms. The zero-order chi connectivity index (χ0) is 12.7. The summed E-state index contributed by atoms with van der Waals surface area (Å²) in [6, 6.07) is 4.26. The summed E-state index contributed by atoms with van der Waals surface area (Å²) in [6.07, 6.45) is 3.08. The molecule has 2 aromatic rings. The number of allylic oxidation sites excluding steroid dienone is 1. The van der Waals surface area contributed by atoms with E-state index in [9.17, 15) is 14.3 Å². The van der Waals surface area contributed by atoms with Gasteiger partial charge in [-0.3, -0.25) is 9.98 Å². The Kier molecular flexibility index (Phi) is 2.16. The zero-order valence-electron chi connectivity index (χ0n) is 9.07. The molecule has 1 aliphatic heterocycles. The molecule has 0 amide bonds. The van der Waals surface area contributed by atoms with Gasteiger partial charge in [0.1, 0.15) is 11.5 Å². The third-order valence-corrected chi connectivity index (χ3v) is 2.65. The maximum Gasteiger partial charge on any atom is 0.326 e. The summed E-state index contributed by atoms with van der Waals surface area (Å²) >= 11 is 0. The van der Waals surface area contributed by atoms with Gasteiger partial charge in [0.25, 0.3) is 0 Å². The van der Waals surface area contributed by atoms with Gasteiger partial charge in [-0.15, -0.1) is 0 Å².